The Hall–Kier alpha value is -2.70. The number of carboxylic acid groups (broad SMARTS) is 2. The summed E-state index contributed by atoms with van der Waals surface area (Å²) in [4.78, 5) is 20.7. The van der Waals surface area contributed by atoms with Crippen molar-refractivity contribution < 1.29 is 19.8 Å². The van der Waals surface area contributed by atoms with Crippen molar-refractivity contribution in [2.45, 2.75) is 31.7 Å². The smallest absolute Gasteiger partial charge is 0.320 e. The monoisotopic (exact) mass is 358 g/mol. The fourth-order valence-corrected chi connectivity index (χ4v) is 2.25. The van der Waals surface area contributed by atoms with Gasteiger partial charge in [0.05, 0.1) is 6.42 Å². The molecule has 1 atom stereocenters. The summed E-state index contributed by atoms with van der Waals surface area (Å²) in [5, 5.41) is 17.0. The van der Waals surface area contributed by atoms with Crippen molar-refractivity contribution in [2.24, 2.45) is 11.5 Å². The topological polar surface area (TPSA) is 127 Å². The van der Waals surface area contributed by atoms with Crippen LogP contribution in [0, 0.1) is 0 Å². The third kappa shape index (κ3) is 8.41. The third-order valence-corrected chi connectivity index (χ3v) is 3.70. The molecule has 0 saturated carbocycles. The summed E-state index contributed by atoms with van der Waals surface area (Å²) >= 11 is 0. The second-order valence-corrected chi connectivity index (χ2v) is 5.86. The highest BCUT2D eigenvalue weighted by atomic mass is 16.4. The lowest BCUT2D eigenvalue weighted by Gasteiger charge is -2.03. The van der Waals surface area contributed by atoms with Gasteiger partial charge >= 0.3 is 11.9 Å². The molecule has 6 heteroatoms. The summed E-state index contributed by atoms with van der Waals surface area (Å²) in [6.07, 6.45) is 2.24. The highest BCUT2D eigenvalue weighted by Crippen LogP contribution is 2.19. The molecule has 0 spiro atoms. The van der Waals surface area contributed by atoms with Crippen LogP contribution in [0.1, 0.15) is 24.8 Å². The van der Waals surface area contributed by atoms with E-state index in [4.69, 9.17) is 21.7 Å². The van der Waals surface area contributed by atoms with E-state index in [1.165, 1.54) is 0 Å². The summed E-state index contributed by atoms with van der Waals surface area (Å²) in [7, 11) is 0. The Morgan fingerprint density at radius 2 is 1.46 bits per heavy atom. The van der Waals surface area contributed by atoms with E-state index in [-0.39, 0.29) is 6.42 Å². The van der Waals surface area contributed by atoms with Gasteiger partial charge in [-0.05, 0) is 36.1 Å². The molecule has 0 aliphatic carbocycles. The molecule has 2 aromatic rings. The van der Waals surface area contributed by atoms with Gasteiger partial charge in [-0.2, -0.15) is 0 Å². The number of aliphatic carboxylic acids is 2. The Balaban J connectivity index is 0.000000294. The number of unbranched alkanes of at least 4 members (excludes halogenated alkanes) is 1. The van der Waals surface area contributed by atoms with Crippen LogP contribution in [0.4, 0.5) is 0 Å². The molecule has 0 fully saturated rings. The van der Waals surface area contributed by atoms with E-state index in [1.807, 2.05) is 54.6 Å². The average molecular weight is 358 g/mol. The number of benzene rings is 2. The van der Waals surface area contributed by atoms with Gasteiger partial charge in [-0.25, -0.2) is 0 Å². The van der Waals surface area contributed by atoms with Crippen molar-refractivity contribution in [3.63, 3.8) is 0 Å². The minimum Gasteiger partial charge on any atom is -0.481 e. The van der Waals surface area contributed by atoms with Crippen molar-refractivity contribution in [3.8, 4) is 11.1 Å². The first-order valence-electron chi connectivity index (χ1n) is 8.48. The molecule has 0 amide bonds. The molecule has 0 heterocycles. The first-order chi connectivity index (χ1) is 12.4. The molecule has 0 aliphatic heterocycles. The Labute approximate surface area is 153 Å². The SMILES string of the molecule is NCCCCC(N)C(=O)O.O=C(O)Cc1ccc(-c2ccccc2)cc1. The maximum atomic E-state index is 10.5. The van der Waals surface area contributed by atoms with E-state index < -0.39 is 18.0 Å². The molecule has 6 N–H and O–H groups in total. The van der Waals surface area contributed by atoms with Gasteiger partial charge in [0.25, 0.3) is 0 Å². The quantitative estimate of drug-likeness (QED) is 0.537. The maximum absolute atomic E-state index is 10.5. The van der Waals surface area contributed by atoms with E-state index in [0.717, 1.165) is 29.5 Å². The molecule has 0 aliphatic rings. The summed E-state index contributed by atoms with van der Waals surface area (Å²) in [6, 6.07) is 16.9. The summed E-state index contributed by atoms with van der Waals surface area (Å²) in [5.41, 5.74) is 13.5. The number of carboxylic acids is 2. The normalized spacial score (nSPS) is 11.2. The van der Waals surface area contributed by atoms with Gasteiger partial charge in [0.15, 0.2) is 0 Å². The minimum absolute atomic E-state index is 0.0784. The lowest BCUT2D eigenvalue weighted by Crippen LogP contribution is -2.29. The van der Waals surface area contributed by atoms with Gasteiger partial charge in [0.2, 0.25) is 0 Å². The molecule has 2 rings (SSSR count). The Morgan fingerprint density at radius 3 is 1.96 bits per heavy atom. The molecular weight excluding hydrogens is 332 g/mol. The van der Waals surface area contributed by atoms with Crippen molar-refractivity contribution in [3.05, 3.63) is 60.2 Å². The minimum atomic E-state index is -0.933. The van der Waals surface area contributed by atoms with Crippen LogP contribution in [0.3, 0.4) is 0 Å². The second kappa shape index (κ2) is 11.8. The van der Waals surface area contributed by atoms with Crippen LogP contribution in [-0.2, 0) is 16.0 Å². The molecule has 2 aromatic carbocycles. The van der Waals surface area contributed by atoms with Gasteiger partial charge < -0.3 is 21.7 Å². The standard InChI is InChI=1S/C14H12O2.C6H14N2O2/c15-14(16)10-11-6-8-13(9-7-11)12-4-2-1-3-5-12;7-4-2-1-3-5(8)6(9)10/h1-9H,10H2,(H,15,16);5H,1-4,7-8H2,(H,9,10). The average Bonchev–Trinajstić information content (AvgIpc) is 2.63. The molecule has 0 aromatic heterocycles. The van der Waals surface area contributed by atoms with Crippen LogP contribution in [0.25, 0.3) is 11.1 Å². The zero-order valence-electron chi connectivity index (χ0n) is 14.7. The first-order valence-corrected chi connectivity index (χ1v) is 8.48. The van der Waals surface area contributed by atoms with Gasteiger partial charge in [-0.3, -0.25) is 9.59 Å². The molecule has 0 saturated heterocycles. The Morgan fingerprint density at radius 1 is 0.885 bits per heavy atom. The number of hydrogen-bond donors (Lipinski definition) is 4. The van der Waals surface area contributed by atoms with Gasteiger partial charge in [-0.15, -0.1) is 0 Å². The zero-order valence-corrected chi connectivity index (χ0v) is 14.7. The maximum Gasteiger partial charge on any atom is 0.320 e. The molecule has 0 bridgehead atoms. The number of carbonyl (C=O) groups is 2. The van der Waals surface area contributed by atoms with Crippen LogP contribution in [0.2, 0.25) is 0 Å². The van der Waals surface area contributed by atoms with Gasteiger partial charge in [-0.1, -0.05) is 61.0 Å². The predicted molar refractivity (Wildman–Crippen MR) is 102 cm³/mol. The van der Waals surface area contributed by atoms with E-state index in [0.29, 0.717) is 13.0 Å². The van der Waals surface area contributed by atoms with Gasteiger partial charge in [0.1, 0.15) is 6.04 Å². The summed E-state index contributed by atoms with van der Waals surface area (Å²) in [6.45, 7) is 0.604. The van der Waals surface area contributed by atoms with Gasteiger partial charge in [0, 0.05) is 0 Å². The highest BCUT2D eigenvalue weighted by Gasteiger charge is 2.09. The third-order valence-electron chi connectivity index (χ3n) is 3.70. The fourth-order valence-electron chi connectivity index (χ4n) is 2.25. The lowest BCUT2D eigenvalue weighted by molar-refractivity contribution is -0.139. The van der Waals surface area contributed by atoms with Crippen molar-refractivity contribution in [2.75, 3.05) is 6.54 Å². The number of rotatable bonds is 8. The fraction of sp³-hybridized carbons (Fsp3) is 0.300. The molecule has 1 unspecified atom stereocenters. The van der Waals surface area contributed by atoms with Crippen molar-refractivity contribution in [1.82, 2.24) is 0 Å². The number of nitrogens with two attached hydrogens (primary N) is 2. The van der Waals surface area contributed by atoms with E-state index >= 15 is 0 Å². The zero-order chi connectivity index (χ0) is 19.4. The first kappa shape index (κ1) is 21.3. The van der Waals surface area contributed by atoms with Crippen LogP contribution >= 0.6 is 0 Å². The molecule has 0 radical (unpaired) electrons. The summed E-state index contributed by atoms with van der Waals surface area (Å²) < 4.78 is 0. The predicted octanol–water partition coefficient (Wildman–Crippen LogP) is 2.51. The van der Waals surface area contributed by atoms with Crippen molar-refractivity contribution >= 4 is 11.9 Å². The number of hydrogen-bond acceptors (Lipinski definition) is 4. The van der Waals surface area contributed by atoms with E-state index in [2.05, 4.69) is 0 Å². The van der Waals surface area contributed by atoms with E-state index in [1.54, 1.807) is 0 Å². The lowest BCUT2D eigenvalue weighted by atomic mass is 10.0. The Bertz CT molecular complexity index is 672. The molecule has 140 valence electrons. The molecule has 26 heavy (non-hydrogen) atoms. The van der Waals surface area contributed by atoms with Crippen LogP contribution in [0.15, 0.2) is 54.6 Å². The second-order valence-electron chi connectivity index (χ2n) is 5.86. The molecular formula is C20H26N2O4. The van der Waals surface area contributed by atoms with Crippen molar-refractivity contribution in [1.29, 1.82) is 0 Å². The van der Waals surface area contributed by atoms with Crippen LogP contribution in [-0.4, -0.2) is 34.7 Å². The Kier molecular flexibility index (Phi) is 9.67. The molecule has 6 nitrogen and oxygen atoms in total. The van der Waals surface area contributed by atoms with E-state index in [9.17, 15) is 9.59 Å². The summed E-state index contributed by atoms with van der Waals surface area (Å²) in [5.74, 6) is -1.73. The largest absolute Gasteiger partial charge is 0.481 e. The highest BCUT2D eigenvalue weighted by molar-refractivity contribution is 5.73. The van der Waals surface area contributed by atoms with Crippen LogP contribution in [0.5, 0.6) is 0 Å². The van der Waals surface area contributed by atoms with Crippen LogP contribution < -0.4 is 11.5 Å².